The monoisotopic (exact) mass is 304 g/mol. The van der Waals surface area contributed by atoms with Crippen molar-refractivity contribution in [1.29, 1.82) is 0 Å². The first-order valence-corrected chi connectivity index (χ1v) is 8.62. The van der Waals surface area contributed by atoms with Crippen LogP contribution < -0.4 is 0 Å². The summed E-state index contributed by atoms with van der Waals surface area (Å²) >= 11 is 1.66. The van der Waals surface area contributed by atoms with Gasteiger partial charge in [-0.2, -0.15) is 0 Å². The van der Waals surface area contributed by atoms with Gasteiger partial charge < -0.3 is 9.15 Å². The highest BCUT2D eigenvalue weighted by atomic mass is 32.1. The molecule has 3 heterocycles. The first-order chi connectivity index (χ1) is 10.4. The van der Waals surface area contributed by atoms with Gasteiger partial charge in [0.25, 0.3) is 0 Å². The van der Waals surface area contributed by atoms with Crippen molar-refractivity contribution in [2.75, 3.05) is 13.2 Å². The van der Waals surface area contributed by atoms with E-state index < -0.39 is 0 Å². The lowest BCUT2D eigenvalue weighted by atomic mass is 9.90. The molecule has 1 saturated heterocycles. The number of rotatable bonds is 3. The van der Waals surface area contributed by atoms with E-state index in [1.165, 1.54) is 25.7 Å². The minimum absolute atomic E-state index is 0.427. The number of morpholine rings is 1. The maximum absolute atomic E-state index is 5.93. The predicted molar refractivity (Wildman–Crippen MR) is 82.2 cm³/mol. The van der Waals surface area contributed by atoms with Crippen LogP contribution in [0.1, 0.15) is 31.4 Å². The number of thiophene rings is 1. The summed E-state index contributed by atoms with van der Waals surface area (Å²) in [5.41, 5.74) is 1.03. The smallest absolute Gasteiger partial charge is 0.236 e. The average molecular weight is 304 g/mol. The van der Waals surface area contributed by atoms with Crippen LogP contribution in [-0.4, -0.2) is 35.2 Å². The molecule has 4 rings (SSSR count). The van der Waals surface area contributed by atoms with Crippen molar-refractivity contribution in [2.24, 2.45) is 0 Å². The molecule has 0 radical (unpaired) electrons. The van der Waals surface area contributed by atoms with Gasteiger partial charge in [0.15, 0.2) is 0 Å². The zero-order valence-corrected chi connectivity index (χ0v) is 12.8. The third-order valence-corrected chi connectivity index (χ3v) is 5.35. The van der Waals surface area contributed by atoms with E-state index >= 15 is 0 Å². The van der Waals surface area contributed by atoms with Crippen molar-refractivity contribution in [1.82, 2.24) is 9.88 Å². The first kappa shape index (κ1) is 13.5. The number of oxazole rings is 1. The molecule has 2 aromatic heterocycles. The second kappa shape index (κ2) is 5.91. The Hall–Kier alpha value is -1.17. The van der Waals surface area contributed by atoms with Gasteiger partial charge >= 0.3 is 0 Å². The van der Waals surface area contributed by atoms with Crippen LogP contribution >= 0.6 is 11.3 Å². The van der Waals surface area contributed by atoms with Crippen molar-refractivity contribution in [3.63, 3.8) is 0 Å². The zero-order valence-electron chi connectivity index (χ0n) is 12.0. The second-order valence-corrected chi connectivity index (χ2v) is 6.80. The maximum atomic E-state index is 5.93. The third kappa shape index (κ3) is 2.78. The Balaban J connectivity index is 1.47. The Kier molecular flexibility index (Phi) is 3.80. The Labute approximate surface area is 128 Å². The van der Waals surface area contributed by atoms with E-state index in [0.29, 0.717) is 12.1 Å². The summed E-state index contributed by atoms with van der Waals surface area (Å²) in [7, 11) is 0. The number of ether oxygens (including phenoxy) is 1. The molecule has 2 fully saturated rings. The van der Waals surface area contributed by atoms with Crippen LogP contribution in [-0.2, 0) is 11.3 Å². The lowest BCUT2D eigenvalue weighted by molar-refractivity contribution is -0.0914. The number of hydrogen-bond acceptors (Lipinski definition) is 5. The molecule has 0 amide bonds. The highest BCUT2D eigenvalue weighted by Gasteiger charge is 2.34. The Bertz CT molecular complexity index is 579. The topological polar surface area (TPSA) is 38.5 Å². The molecule has 1 aliphatic heterocycles. The van der Waals surface area contributed by atoms with E-state index in [9.17, 15) is 0 Å². The molecule has 5 heteroatoms. The predicted octanol–water partition coefficient (Wildman–Crippen LogP) is 3.55. The summed E-state index contributed by atoms with van der Waals surface area (Å²) in [4.78, 5) is 8.27. The lowest BCUT2D eigenvalue weighted by Gasteiger charge is -2.43. The fourth-order valence-electron chi connectivity index (χ4n) is 3.47. The average Bonchev–Trinajstić information content (AvgIpc) is 3.18. The van der Waals surface area contributed by atoms with Crippen molar-refractivity contribution >= 4 is 11.3 Å². The summed E-state index contributed by atoms with van der Waals surface area (Å²) in [6.45, 7) is 2.72. The van der Waals surface area contributed by atoms with Crippen molar-refractivity contribution in [3.05, 3.63) is 29.5 Å². The molecular formula is C16H20N2O2S. The van der Waals surface area contributed by atoms with Crippen LogP contribution in [0.25, 0.3) is 10.8 Å². The van der Waals surface area contributed by atoms with Crippen LogP contribution in [0.2, 0.25) is 0 Å². The molecule has 0 N–H and O–H groups in total. The van der Waals surface area contributed by atoms with Gasteiger partial charge in [0.05, 0.1) is 23.3 Å². The molecule has 2 aliphatic rings. The van der Waals surface area contributed by atoms with Crippen LogP contribution in [0.4, 0.5) is 0 Å². The largest absolute Gasteiger partial charge is 0.444 e. The van der Waals surface area contributed by atoms with Gasteiger partial charge in [-0.1, -0.05) is 18.9 Å². The van der Waals surface area contributed by atoms with E-state index in [0.717, 1.165) is 36.2 Å². The minimum atomic E-state index is 0.427. The molecule has 2 atom stereocenters. The van der Waals surface area contributed by atoms with E-state index in [1.54, 1.807) is 11.3 Å². The zero-order chi connectivity index (χ0) is 14.1. The van der Waals surface area contributed by atoms with Gasteiger partial charge in [-0.3, -0.25) is 4.90 Å². The minimum Gasteiger partial charge on any atom is -0.444 e. The molecule has 0 bridgehead atoms. The van der Waals surface area contributed by atoms with Crippen LogP contribution in [0.3, 0.4) is 0 Å². The summed E-state index contributed by atoms with van der Waals surface area (Å²) < 4.78 is 11.6. The lowest BCUT2D eigenvalue weighted by Crippen LogP contribution is -2.52. The van der Waals surface area contributed by atoms with E-state index in [4.69, 9.17) is 9.15 Å². The van der Waals surface area contributed by atoms with Crippen LogP contribution in [0.15, 0.2) is 28.2 Å². The highest BCUT2D eigenvalue weighted by Crippen LogP contribution is 2.30. The summed E-state index contributed by atoms with van der Waals surface area (Å²) in [5, 5.41) is 2.05. The van der Waals surface area contributed by atoms with Gasteiger partial charge in [-0.25, -0.2) is 4.98 Å². The maximum Gasteiger partial charge on any atom is 0.236 e. The Morgan fingerprint density at radius 1 is 1.33 bits per heavy atom. The number of fused-ring (bicyclic) bond motifs is 1. The fourth-order valence-corrected chi connectivity index (χ4v) is 4.13. The second-order valence-electron chi connectivity index (χ2n) is 5.85. The summed E-state index contributed by atoms with van der Waals surface area (Å²) in [6, 6.07) is 4.64. The highest BCUT2D eigenvalue weighted by molar-refractivity contribution is 7.13. The van der Waals surface area contributed by atoms with Crippen molar-refractivity contribution < 1.29 is 9.15 Å². The summed E-state index contributed by atoms with van der Waals surface area (Å²) in [6.07, 6.45) is 7.32. The molecule has 0 spiro atoms. The number of nitrogens with zero attached hydrogens (tertiary/aromatic N) is 2. The molecule has 4 nitrogen and oxygen atoms in total. The first-order valence-electron chi connectivity index (χ1n) is 7.74. The third-order valence-electron chi connectivity index (χ3n) is 4.50. The van der Waals surface area contributed by atoms with Gasteiger partial charge in [0.1, 0.15) is 6.26 Å². The molecule has 1 saturated carbocycles. The number of hydrogen-bond donors (Lipinski definition) is 0. The molecular weight excluding hydrogens is 284 g/mol. The molecule has 2 unspecified atom stereocenters. The molecule has 1 aliphatic carbocycles. The van der Waals surface area contributed by atoms with Crippen molar-refractivity contribution in [3.8, 4) is 10.8 Å². The molecule has 21 heavy (non-hydrogen) atoms. The van der Waals surface area contributed by atoms with E-state index in [2.05, 4.69) is 9.88 Å². The normalized spacial score (nSPS) is 26.7. The molecule has 112 valence electrons. The van der Waals surface area contributed by atoms with E-state index in [-0.39, 0.29) is 0 Å². The van der Waals surface area contributed by atoms with Gasteiger partial charge in [0.2, 0.25) is 5.89 Å². The quantitative estimate of drug-likeness (QED) is 0.869. The number of aromatic nitrogens is 1. The molecule has 0 aromatic carbocycles. The Morgan fingerprint density at radius 2 is 2.29 bits per heavy atom. The Morgan fingerprint density at radius 3 is 3.19 bits per heavy atom. The summed E-state index contributed by atoms with van der Waals surface area (Å²) in [5.74, 6) is 0.744. The van der Waals surface area contributed by atoms with Crippen molar-refractivity contribution in [2.45, 2.75) is 44.4 Å². The van der Waals surface area contributed by atoms with Gasteiger partial charge in [0, 0.05) is 19.1 Å². The SMILES string of the molecule is c1csc(-c2nc(CN3CCOC4CCCCC43)co2)c1. The van der Waals surface area contributed by atoms with Crippen LogP contribution in [0, 0.1) is 0 Å². The van der Waals surface area contributed by atoms with Gasteiger partial charge in [-0.05, 0) is 24.3 Å². The molecule has 2 aromatic rings. The van der Waals surface area contributed by atoms with Gasteiger partial charge in [-0.15, -0.1) is 11.3 Å². The fraction of sp³-hybridized carbons (Fsp3) is 0.562. The standard InChI is InChI=1S/C16H20N2O2S/c1-2-5-14-13(4-1)18(7-8-19-14)10-12-11-20-16(17-12)15-6-3-9-21-15/h3,6,9,11,13-14H,1-2,4-5,7-8,10H2. The van der Waals surface area contributed by atoms with Crippen LogP contribution in [0.5, 0.6) is 0 Å². The van der Waals surface area contributed by atoms with E-state index in [1.807, 2.05) is 23.8 Å².